The highest BCUT2D eigenvalue weighted by Gasteiger charge is 2.07. The predicted octanol–water partition coefficient (Wildman–Crippen LogP) is 1.80. The largest absolute Gasteiger partial charge is 0.375 e. The van der Waals surface area contributed by atoms with Crippen molar-refractivity contribution >= 4 is 28.2 Å². The fourth-order valence-corrected chi connectivity index (χ4v) is 2.97. The van der Waals surface area contributed by atoms with Crippen molar-refractivity contribution in [3.05, 3.63) is 12.0 Å². The maximum absolute atomic E-state index is 5.57. The van der Waals surface area contributed by atoms with Crippen LogP contribution in [0, 0.1) is 0 Å². The summed E-state index contributed by atoms with van der Waals surface area (Å²) in [5.41, 5.74) is 5.57. The van der Waals surface area contributed by atoms with E-state index in [1.807, 2.05) is 4.68 Å². The van der Waals surface area contributed by atoms with Gasteiger partial charge in [0, 0.05) is 6.54 Å². The zero-order valence-corrected chi connectivity index (χ0v) is 11.2. The summed E-state index contributed by atoms with van der Waals surface area (Å²) in [5, 5.41) is 12.3. The molecule has 0 atom stereocenters. The van der Waals surface area contributed by atoms with Crippen LogP contribution in [-0.4, -0.2) is 25.2 Å². The molecule has 8 heteroatoms. The third-order valence-corrected chi connectivity index (χ3v) is 4.19. The number of aryl methyl sites for hydroxylation is 1. The summed E-state index contributed by atoms with van der Waals surface area (Å²) in [7, 11) is 0. The molecule has 2 aromatic rings. The molecular formula is C9H14N6S2. The van der Waals surface area contributed by atoms with Crippen LogP contribution in [0.1, 0.15) is 25.6 Å². The summed E-state index contributed by atoms with van der Waals surface area (Å²) < 4.78 is 2.95. The van der Waals surface area contributed by atoms with Gasteiger partial charge in [0.2, 0.25) is 0 Å². The Morgan fingerprint density at radius 3 is 3.12 bits per heavy atom. The van der Waals surface area contributed by atoms with Gasteiger partial charge < -0.3 is 5.73 Å². The van der Waals surface area contributed by atoms with Gasteiger partial charge in [-0.1, -0.05) is 24.7 Å². The summed E-state index contributed by atoms with van der Waals surface area (Å²) in [6, 6.07) is 0. The van der Waals surface area contributed by atoms with Crippen LogP contribution in [0.3, 0.4) is 0 Å². The number of nitrogens with zero attached hydrogens (tertiary/aromatic N) is 5. The quantitative estimate of drug-likeness (QED) is 0.806. The second-order valence-corrected chi connectivity index (χ2v) is 5.82. The minimum absolute atomic E-state index is 0.595. The van der Waals surface area contributed by atoms with Gasteiger partial charge in [0.1, 0.15) is 0 Å². The van der Waals surface area contributed by atoms with E-state index >= 15 is 0 Å². The highest BCUT2D eigenvalue weighted by atomic mass is 32.2. The second kappa shape index (κ2) is 5.97. The molecule has 0 spiro atoms. The Morgan fingerprint density at radius 1 is 1.53 bits per heavy atom. The number of aromatic nitrogens is 5. The number of tetrazole rings is 1. The SMILES string of the molecule is CCCCn1nnnc1CSc1cnc(N)s1. The van der Waals surface area contributed by atoms with E-state index in [2.05, 4.69) is 27.4 Å². The van der Waals surface area contributed by atoms with Crippen molar-refractivity contribution in [3.8, 4) is 0 Å². The van der Waals surface area contributed by atoms with Crippen molar-refractivity contribution in [1.82, 2.24) is 25.2 Å². The number of hydrogen-bond acceptors (Lipinski definition) is 7. The van der Waals surface area contributed by atoms with E-state index in [1.54, 1.807) is 18.0 Å². The van der Waals surface area contributed by atoms with Crippen molar-refractivity contribution in [3.63, 3.8) is 0 Å². The summed E-state index contributed by atoms with van der Waals surface area (Å²) in [4.78, 5) is 4.01. The summed E-state index contributed by atoms with van der Waals surface area (Å²) in [6.07, 6.45) is 4.01. The zero-order chi connectivity index (χ0) is 12.1. The average molecular weight is 270 g/mol. The lowest BCUT2D eigenvalue weighted by molar-refractivity contribution is 0.540. The van der Waals surface area contributed by atoms with Crippen LogP contribution >= 0.6 is 23.1 Å². The van der Waals surface area contributed by atoms with E-state index in [4.69, 9.17) is 5.73 Å². The van der Waals surface area contributed by atoms with Crippen molar-refractivity contribution in [2.45, 2.75) is 36.3 Å². The molecule has 2 N–H and O–H groups in total. The van der Waals surface area contributed by atoms with Gasteiger partial charge in [-0.25, -0.2) is 9.67 Å². The number of thioether (sulfide) groups is 1. The van der Waals surface area contributed by atoms with Gasteiger partial charge >= 0.3 is 0 Å². The average Bonchev–Trinajstić information content (AvgIpc) is 2.92. The molecule has 0 aromatic carbocycles. The van der Waals surface area contributed by atoms with Crippen molar-refractivity contribution in [2.75, 3.05) is 5.73 Å². The van der Waals surface area contributed by atoms with Gasteiger partial charge in [-0.05, 0) is 16.8 Å². The van der Waals surface area contributed by atoms with Crippen LogP contribution in [0.2, 0.25) is 0 Å². The highest BCUT2D eigenvalue weighted by Crippen LogP contribution is 2.28. The molecule has 0 aliphatic carbocycles. The van der Waals surface area contributed by atoms with E-state index in [0.717, 1.165) is 35.2 Å². The summed E-state index contributed by atoms with van der Waals surface area (Å²) in [6.45, 7) is 3.03. The van der Waals surface area contributed by atoms with Gasteiger partial charge in [-0.2, -0.15) is 0 Å². The molecule has 0 aliphatic heterocycles. The lowest BCUT2D eigenvalue weighted by Crippen LogP contribution is -2.04. The van der Waals surface area contributed by atoms with Crippen molar-refractivity contribution in [1.29, 1.82) is 0 Å². The first-order valence-electron chi connectivity index (χ1n) is 5.38. The standard InChI is InChI=1S/C9H14N6S2/c1-2-3-4-15-7(12-13-14-15)6-16-8-5-11-9(10)17-8/h5H,2-4,6H2,1H3,(H2,10,11). The van der Waals surface area contributed by atoms with Crippen LogP contribution < -0.4 is 5.73 Å². The zero-order valence-electron chi connectivity index (χ0n) is 9.54. The van der Waals surface area contributed by atoms with Gasteiger partial charge in [-0.15, -0.1) is 16.9 Å². The molecule has 0 fully saturated rings. The Balaban J connectivity index is 1.92. The fraction of sp³-hybridized carbons (Fsp3) is 0.556. The molecule has 2 aromatic heterocycles. The minimum Gasteiger partial charge on any atom is -0.375 e. The van der Waals surface area contributed by atoms with Crippen LogP contribution in [0.15, 0.2) is 10.4 Å². The smallest absolute Gasteiger partial charge is 0.181 e. The van der Waals surface area contributed by atoms with E-state index in [9.17, 15) is 0 Å². The second-order valence-electron chi connectivity index (χ2n) is 3.48. The molecule has 2 heterocycles. The molecule has 0 saturated carbocycles. The molecule has 0 saturated heterocycles. The molecule has 0 radical (unpaired) electrons. The maximum atomic E-state index is 5.57. The lowest BCUT2D eigenvalue weighted by atomic mass is 10.3. The molecule has 0 amide bonds. The Hall–Kier alpha value is -1.15. The van der Waals surface area contributed by atoms with Gasteiger partial charge in [0.25, 0.3) is 0 Å². The molecule has 0 bridgehead atoms. The van der Waals surface area contributed by atoms with Crippen molar-refractivity contribution < 1.29 is 0 Å². The Morgan fingerprint density at radius 2 is 2.41 bits per heavy atom. The first kappa shape index (κ1) is 12.3. The first-order valence-corrected chi connectivity index (χ1v) is 7.19. The normalized spacial score (nSPS) is 10.9. The molecule has 92 valence electrons. The molecule has 17 heavy (non-hydrogen) atoms. The highest BCUT2D eigenvalue weighted by molar-refractivity contribution is 8.00. The lowest BCUT2D eigenvalue weighted by Gasteiger charge is -2.01. The number of unbranched alkanes of at least 4 members (excludes halogenated alkanes) is 1. The van der Waals surface area contributed by atoms with Gasteiger partial charge in [-0.3, -0.25) is 0 Å². The van der Waals surface area contributed by atoms with Crippen molar-refractivity contribution in [2.24, 2.45) is 0 Å². The van der Waals surface area contributed by atoms with E-state index in [-0.39, 0.29) is 0 Å². The molecule has 6 nitrogen and oxygen atoms in total. The van der Waals surface area contributed by atoms with E-state index < -0.39 is 0 Å². The van der Waals surface area contributed by atoms with Gasteiger partial charge in [0.15, 0.2) is 11.0 Å². The number of nitrogen functional groups attached to an aromatic ring is 1. The topological polar surface area (TPSA) is 82.5 Å². The fourth-order valence-electron chi connectivity index (χ4n) is 1.28. The number of nitrogens with two attached hydrogens (primary N) is 1. The monoisotopic (exact) mass is 270 g/mol. The number of anilines is 1. The van der Waals surface area contributed by atoms with Crippen LogP contribution in [-0.2, 0) is 12.3 Å². The maximum Gasteiger partial charge on any atom is 0.181 e. The molecule has 0 aliphatic rings. The van der Waals surface area contributed by atoms with Gasteiger partial charge in [0.05, 0.1) is 16.2 Å². The number of hydrogen-bond donors (Lipinski definition) is 1. The Labute approximate surface area is 108 Å². The third-order valence-electron chi connectivity index (χ3n) is 2.18. The molecule has 0 unspecified atom stereocenters. The predicted molar refractivity (Wildman–Crippen MR) is 68.8 cm³/mol. The number of rotatable bonds is 6. The Kier molecular flexibility index (Phi) is 4.32. The van der Waals surface area contributed by atoms with E-state index in [0.29, 0.717) is 5.13 Å². The third kappa shape index (κ3) is 3.40. The van der Waals surface area contributed by atoms with E-state index in [1.165, 1.54) is 11.3 Å². The van der Waals surface area contributed by atoms with Crippen LogP contribution in [0.4, 0.5) is 5.13 Å². The first-order chi connectivity index (χ1) is 8.29. The van der Waals surface area contributed by atoms with Crippen LogP contribution in [0.25, 0.3) is 0 Å². The molecule has 2 rings (SSSR count). The Bertz CT molecular complexity index is 466. The minimum atomic E-state index is 0.595. The summed E-state index contributed by atoms with van der Waals surface area (Å²) in [5.74, 6) is 1.65. The van der Waals surface area contributed by atoms with Crippen LogP contribution in [0.5, 0.6) is 0 Å². The summed E-state index contributed by atoms with van der Waals surface area (Å²) >= 11 is 3.14. The number of thiazole rings is 1. The molecular weight excluding hydrogens is 256 g/mol.